The van der Waals surface area contributed by atoms with Crippen molar-refractivity contribution in [3.63, 3.8) is 0 Å². The first kappa shape index (κ1) is 10.4. The number of aryl methyl sites for hydroxylation is 1. The van der Waals surface area contributed by atoms with Crippen molar-refractivity contribution >= 4 is 0 Å². The minimum atomic E-state index is 0.695. The smallest absolute Gasteiger partial charge is 0.182 e. The highest BCUT2D eigenvalue weighted by molar-refractivity contribution is 5.52. The second-order valence-corrected chi connectivity index (χ2v) is 2.49. The number of hydrogen-bond acceptors (Lipinski definition) is 3. The van der Waals surface area contributed by atoms with Gasteiger partial charge in [0.25, 0.3) is 0 Å². The molecule has 0 aliphatic heterocycles. The van der Waals surface area contributed by atoms with Crippen LogP contribution in [-0.4, -0.2) is 20.2 Å². The zero-order valence-corrected chi connectivity index (χ0v) is 8.65. The van der Waals surface area contributed by atoms with Crippen molar-refractivity contribution in [3.8, 4) is 11.4 Å². The Morgan fingerprint density at radius 2 is 2.07 bits per heavy atom. The van der Waals surface area contributed by atoms with Gasteiger partial charge in [0.1, 0.15) is 5.82 Å². The highest BCUT2D eigenvalue weighted by atomic mass is 15.2. The van der Waals surface area contributed by atoms with E-state index in [-0.39, 0.29) is 0 Å². The molecule has 1 N–H and O–H groups in total. The number of pyridine rings is 1. The van der Waals surface area contributed by atoms with E-state index in [1.807, 2.05) is 32.9 Å². The number of hydrogen-bond donors (Lipinski definition) is 1. The second-order valence-electron chi connectivity index (χ2n) is 2.49. The van der Waals surface area contributed by atoms with Crippen LogP contribution in [0.4, 0.5) is 0 Å². The molecular formula is C10H14N4. The van der Waals surface area contributed by atoms with Crippen LogP contribution in [0.3, 0.4) is 0 Å². The molecule has 0 saturated carbocycles. The lowest BCUT2D eigenvalue weighted by Crippen LogP contribution is -1.80. The van der Waals surface area contributed by atoms with Crippen LogP contribution in [0, 0.1) is 6.92 Å². The third kappa shape index (κ3) is 2.39. The maximum absolute atomic E-state index is 4.17. The van der Waals surface area contributed by atoms with Gasteiger partial charge in [-0.05, 0) is 19.1 Å². The maximum Gasteiger partial charge on any atom is 0.182 e. The van der Waals surface area contributed by atoms with Crippen molar-refractivity contribution < 1.29 is 0 Å². The summed E-state index contributed by atoms with van der Waals surface area (Å²) in [5, 5.41) is 6.79. The number of aromatic amines is 1. The molecule has 0 aromatic carbocycles. The zero-order chi connectivity index (χ0) is 10.4. The summed E-state index contributed by atoms with van der Waals surface area (Å²) in [6.45, 7) is 5.87. The summed E-state index contributed by atoms with van der Waals surface area (Å²) in [6, 6.07) is 3.79. The van der Waals surface area contributed by atoms with Gasteiger partial charge in [0.15, 0.2) is 5.82 Å². The van der Waals surface area contributed by atoms with Gasteiger partial charge in [-0.15, -0.1) is 0 Å². The lowest BCUT2D eigenvalue weighted by atomic mass is 10.3. The average Bonchev–Trinajstić information content (AvgIpc) is 2.69. The standard InChI is InChI=1S/C8H8N4.C2H6/c1-6-10-8(12-11-6)7-3-2-4-9-5-7;1-2/h2-5H,1H3,(H,10,11,12);1-2H3. The van der Waals surface area contributed by atoms with Gasteiger partial charge in [0.05, 0.1) is 0 Å². The van der Waals surface area contributed by atoms with Crippen molar-refractivity contribution in [1.29, 1.82) is 0 Å². The quantitative estimate of drug-likeness (QED) is 0.750. The first-order chi connectivity index (χ1) is 6.86. The maximum atomic E-state index is 4.17. The number of nitrogens with zero attached hydrogens (tertiary/aromatic N) is 3. The van der Waals surface area contributed by atoms with E-state index in [9.17, 15) is 0 Å². The summed E-state index contributed by atoms with van der Waals surface area (Å²) >= 11 is 0. The summed E-state index contributed by atoms with van der Waals surface area (Å²) in [7, 11) is 0. The number of H-pyrrole nitrogens is 1. The van der Waals surface area contributed by atoms with Crippen LogP contribution in [0.1, 0.15) is 19.7 Å². The predicted molar refractivity (Wildman–Crippen MR) is 55.7 cm³/mol. The van der Waals surface area contributed by atoms with Gasteiger partial charge in [-0.2, -0.15) is 5.10 Å². The van der Waals surface area contributed by atoms with E-state index in [1.54, 1.807) is 12.4 Å². The molecule has 0 aliphatic rings. The molecule has 2 aromatic rings. The lowest BCUT2D eigenvalue weighted by Gasteiger charge is -1.90. The summed E-state index contributed by atoms with van der Waals surface area (Å²) in [5.41, 5.74) is 0.932. The first-order valence-electron chi connectivity index (χ1n) is 4.65. The molecule has 4 heteroatoms. The molecule has 2 aromatic heterocycles. The Kier molecular flexibility index (Phi) is 3.79. The van der Waals surface area contributed by atoms with Gasteiger partial charge < -0.3 is 0 Å². The van der Waals surface area contributed by atoms with Gasteiger partial charge in [-0.1, -0.05) is 13.8 Å². The molecule has 0 radical (unpaired) electrons. The minimum absolute atomic E-state index is 0.695. The Labute approximate surface area is 83.4 Å². The molecule has 14 heavy (non-hydrogen) atoms. The fourth-order valence-corrected chi connectivity index (χ4v) is 0.967. The van der Waals surface area contributed by atoms with Gasteiger partial charge >= 0.3 is 0 Å². The Morgan fingerprint density at radius 3 is 2.57 bits per heavy atom. The number of nitrogens with one attached hydrogen (secondary N) is 1. The van der Waals surface area contributed by atoms with Crippen molar-refractivity contribution in [3.05, 3.63) is 30.4 Å². The Hall–Kier alpha value is -1.71. The molecule has 74 valence electrons. The van der Waals surface area contributed by atoms with Gasteiger partial charge in [0.2, 0.25) is 0 Å². The molecule has 0 atom stereocenters. The molecule has 2 rings (SSSR count). The van der Waals surface area contributed by atoms with Gasteiger partial charge in [0, 0.05) is 18.0 Å². The van der Waals surface area contributed by atoms with Crippen LogP contribution in [-0.2, 0) is 0 Å². The highest BCUT2D eigenvalue weighted by Crippen LogP contribution is 2.10. The fraction of sp³-hybridized carbons (Fsp3) is 0.300. The molecule has 2 heterocycles. The minimum Gasteiger partial charge on any atom is -0.264 e. The summed E-state index contributed by atoms with van der Waals surface area (Å²) in [4.78, 5) is 8.15. The van der Waals surface area contributed by atoms with Crippen LogP contribution in [0.25, 0.3) is 11.4 Å². The number of rotatable bonds is 1. The highest BCUT2D eigenvalue weighted by Gasteiger charge is 2.01. The molecule has 0 fully saturated rings. The largest absolute Gasteiger partial charge is 0.264 e. The molecular weight excluding hydrogens is 176 g/mol. The van der Waals surface area contributed by atoms with E-state index in [1.165, 1.54) is 0 Å². The van der Waals surface area contributed by atoms with Crippen LogP contribution in [0.5, 0.6) is 0 Å². The normalized spacial score (nSPS) is 9.07. The Balaban J connectivity index is 0.000000461. The molecule has 0 saturated heterocycles. The van der Waals surface area contributed by atoms with E-state index in [2.05, 4.69) is 20.2 Å². The van der Waals surface area contributed by atoms with Crippen LogP contribution < -0.4 is 0 Å². The monoisotopic (exact) mass is 190 g/mol. The zero-order valence-electron chi connectivity index (χ0n) is 8.65. The molecule has 0 spiro atoms. The SMILES string of the molecule is CC.Cc1nc(-c2cccnc2)n[nH]1. The van der Waals surface area contributed by atoms with Crippen LogP contribution in [0.2, 0.25) is 0 Å². The van der Waals surface area contributed by atoms with Crippen LogP contribution in [0.15, 0.2) is 24.5 Å². The van der Waals surface area contributed by atoms with Crippen LogP contribution >= 0.6 is 0 Å². The Morgan fingerprint density at radius 1 is 1.29 bits per heavy atom. The third-order valence-electron chi connectivity index (χ3n) is 1.52. The summed E-state index contributed by atoms with van der Waals surface area (Å²) in [6.07, 6.45) is 3.46. The number of aromatic nitrogens is 4. The molecule has 0 bridgehead atoms. The van der Waals surface area contributed by atoms with Gasteiger partial charge in [-0.25, -0.2) is 4.98 Å². The molecule has 4 nitrogen and oxygen atoms in total. The van der Waals surface area contributed by atoms with Crippen molar-refractivity contribution in [1.82, 2.24) is 20.2 Å². The van der Waals surface area contributed by atoms with E-state index in [0.717, 1.165) is 11.4 Å². The van der Waals surface area contributed by atoms with Crippen molar-refractivity contribution in [2.45, 2.75) is 20.8 Å². The molecule has 0 amide bonds. The predicted octanol–water partition coefficient (Wildman–Crippen LogP) is 2.20. The molecule has 0 aliphatic carbocycles. The van der Waals surface area contributed by atoms with Crippen molar-refractivity contribution in [2.75, 3.05) is 0 Å². The fourth-order valence-electron chi connectivity index (χ4n) is 0.967. The summed E-state index contributed by atoms with van der Waals surface area (Å²) < 4.78 is 0. The average molecular weight is 190 g/mol. The topological polar surface area (TPSA) is 54.5 Å². The first-order valence-corrected chi connectivity index (χ1v) is 4.65. The lowest BCUT2D eigenvalue weighted by molar-refractivity contribution is 1.04. The Bertz CT molecular complexity index is 367. The van der Waals surface area contributed by atoms with E-state index in [0.29, 0.717) is 5.82 Å². The summed E-state index contributed by atoms with van der Waals surface area (Å²) in [5.74, 6) is 1.51. The third-order valence-corrected chi connectivity index (χ3v) is 1.52. The molecule has 0 unspecified atom stereocenters. The second kappa shape index (κ2) is 5.11. The van der Waals surface area contributed by atoms with E-state index in [4.69, 9.17) is 0 Å². The van der Waals surface area contributed by atoms with E-state index >= 15 is 0 Å². The van der Waals surface area contributed by atoms with E-state index < -0.39 is 0 Å². The van der Waals surface area contributed by atoms with Gasteiger partial charge in [-0.3, -0.25) is 10.1 Å². The van der Waals surface area contributed by atoms with Crippen molar-refractivity contribution in [2.24, 2.45) is 0 Å².